The topological polar surface area (TPSA) is 12.0 Å². The van der Waals surface area contributed by atoms with E-state index in [1.165, 1.54) is 49.0 Å². The molecule has 1 heterocycles. The highest BCUT2D eigenvalue weighted by atomic mass is 32.1. The lowest BCUT2D eigenvalue weighted by atomic mass is 9.81. The second kappa shape index (κ2) is 6.55. The summed E-state index contributed by atoms with van der Waals surface area (Å²) in [7, 11) is 0. The van der Waals surface area contributed by atoms with Crippen molar-refractivity contribution in [3.63, 3.8) is 0 Å². The Morgan fingerprint density at radius 1 is 1.35 bits per heavy atom. The monoisotopic (exact) mass is 251 g/mol. The molecule has 2 heteroatoms. The highest BCUT2D eigenvalue weighted by molar-refractivity contribution is 7.10. The molecule has 0 amide bonds. The van der Waals surface area contributed by atoms with Gasteiger partial charge in [0.15, 0.2) is 0 Å². The standard InChI is InChI=1S/C15H25NS/c1-3-9-16-15(13-7-5-4-6-8-13)14-10-12(2)17-11-14/h10-11,13,15-16H,3-9H2,1-2H3. The third kappa shape index (κ3) is 3.56. The van der Waals surface area contributed by atoms with Gasteiger partial charge in [0, 0.05) is 10.9 Å². The second-order valence-corrected chi connectivity index (χ2v) is 6.44. The predicted molar refractivity (Wildman–Crippen MR) is 76.7 cm³/mol. The Labute approximate surface area is 110 Å². The van der Waals surface area contributed by atoms with E-state index in [-0.39, 0.29) is 0 Å². The molecule has 0 aromatic carbocycles. The van der Waals surface area contributed by atoms with E-state index in [4.69, 9.17) is 0 Å². The Morgan fingerprint density at radius 2 is 2.12 bits per heavy atom. The van der Waals surface area contributed by atoms with Crippen molar-refractivity contribution in [2.75, 3.05) is 6.54 Å². The zero-order valence-electron chi connectivity index (χ0n) is 11.2. The van der Waals surface area contributed by atoms with E-state index in [0.29, 0.717) is 6.04 Å². The van der Waals surface area contributed by atoms with Crippen molar-refractivity contribution in [1.29, 1.82) is 0 Å². The Kier molecular flexibility index (Phi) is 5.05. The zero-order valence-corrected chi connectivity index (χ0v) is 12.0. The highest BCUT2D eigenvalue weighted by Crippen LogP contribution is 2.35. The molecule has 0 spiro atoms. The van der Waals surface area contributed by atoms with Crippen LogP contribution < -0.4 is 5.32 Å². The number of rotatable bonds is 5. The first-order valence-corrected chi connectivity index (χ1v) is 7.97. The Balaban J connectivity index is 2.06. The summed E-state index contributed by atoms with van der Waals surface area (Å²) in [5, 5.41) is 6.13. The van der Waals surface area contributed by atoms with Crippen LogP contribution in [0.5, 0.6) is 0 Å². The lowest BCUT2D eigenvalue weighted by Gasteiger charge is -2.30. The van der Waals surface area contributed by atoms with Crippen molar-refractivity contribution in [3.05, 3.63) is 21.9 Å². The summed E-state index contributed by atoms with van der Waals surface area (Å²) in [6.07, 6.45) is 8.36. The quantitative estimate of drug-likeness (QED) is 0.801. The van der Waals surface area contributed by atoms with Crippen LogP contribution in [0.25, 0.3) is 0 Å². The maximum Gasteiger partial charge on any atom is 0.0357 e. The fourth-order valence-electron chi connectivity index (χ4n) is 2.95. The molecule has 1 N–H and O–H groups in total. The summed E-state index contributed by atoms with van der Waals surface area (Å²) in [6.45, 7) is 5.62. The predicted octanol–water partition coefficient (Wildman–Crippen LogP) is 4.68. The zero-order chi connectivity index (χ0) is 12.1. The minimum absolute atomic E-state index is 0.611. The molecule has 1 atom stereocenters. The smallest absolute Gasteiger partial charge is 0.0357 e. The number of aryl methyl sites for hydroxylation is 1. The number of nitrogens with one attached hydrogen (secondary N) is 1. The van der Waals surface area contributed by atoms with E-state index in [9.17, 15) is 0 Å². The van der Waals surface area contributed by atoms with Crippen molar-refractivity contribution in [3.8, 4) is 0 Å². The van der Waals surface area contributed by atoms with Crippen LogP contribution in [-0.4, -0.2) is 6.54 Å². The van der Waals surface area contributed by atoms with E-state index in [1.54, 1.807) is 0 Å². The van der Waals surface area contributed by atoms with E-state index in [1.807, 2.05) is 11.3 Å². The lowest BCUT2D eigenvalue weighted by molar-refractivity contribution is 0.272. The molecule has 1 fully saturated rings. The van der Waals surface area contributed by atoms with Crippen LogP contribution in [0.15, 0.2) is 11.4 Å². The van der Waals surface area contributed by atoms with Crippen LogP contribution >= 0.6 is 11.3 Å². The molecule has 0 bridgehead atoms. The summed E-state index contributed by atoms with van der Waals surface area (Å²) in [5.74, 6) is 0.865. The van der Waals surface area contributed by atoms with Crippen LogP contribution in [0.3, 0.4) is 0 Å². The molecule has 0 aliphatic heterocycles. The average Bonchev–Trinajstić information content (AvgIpc) is 2.78. The number of thiophene rings is 1. The fourth-order valence-corrected chi connectivity index (χ4v) is 3.69. The van der Waals surface area contributed by atoms with E-state index >= 15 is 0 Å². The molecule has 1 saturated carbocycles. The van der Waals surface area contributed by atoms with E-state index in [0.717, 1.165) is 12.5 Å². The van der Waals surface area contributed by atoms with Gasteiger partial charge in [-0.05, 0) is 55.7 Å². The minimum Gasteiger partial charge on any atom is -0.310 e. The van der Waals surface area contributed by atoms with Crippen molar-refractivity contribution < 1.29 is 0 Å². The molecule has 2 rings (SSSR count). The molecule has 96 valence electrons. The SMILES string of the molecule is CCCNC(c1csc(C)c1)C1CCCCC1. The van der Waals surface area contributed by atoms with Gasteiger partial charge in [-0.25, -0.2) is 0 Å². The van der Waals surface area contributed by atoms with E-state index < -0.39 is 0 Å². The maximum absolute atomic E-state index is 3.78. The number of hydrogen-bond donors (Lipinski definition) is 1. The Hall–Kier alpha value is -0.340. The van der Waals surface area contributed by atoms with Gasteiger partial charge in [-0.15, -0.1) is 11.3 Å². The summed E-state index contributed by atoms with van der Waals surface area (Å²) < 4.78 is 0. The van der Waals surface area contributed by atoms with Gasteiger partial charge >= 0.3 is 0 Å². The molecule has 0 saturated heterocycles. The maximum atomic E-state index is 3.78. The van der Waals surface area contributed by atoms with Crippen LogP contribution in [0.4, 0.5) is 0 Å². The van der Waals surface area contributed by atoms with Gasteiger partial charge in [0.25, 0.3) is 0 Å². The van der Waals surface area contributed by atoms with Crippen LogP contribution in [0.2, 0.25) is 0 Å². The largest absolute Gasteiger partial charge is 0.310 e. The molecular formula is C15H25NS. The van der Waals surface area contributed by atoms with Gasteiger partial charge in [0.2, 0.25) is 0 Å². The minimum atomic E-state index is 0.611. The van der Waals surface area contributed by atoms with Crippen LogP contribution in [0.1, 0.15) is 61.9 Å². The van der Waals surface area contributed by atoms with Crippen LogP contribution in [0, 0.1) is 12.8 Å². The van der Waals surface area contributed by atoms with Crippen molar-refractivity contribution in [2.45, 2.75) is 58.4 Å². The normalized spacial score (nSPS) is 19.4. The summed E-state index contributed by atoms with van der Waals surface area (Å²) in [5.41, 5.74) is 1.54. The summed E-state index contributed by atoms with van der Waals surface area (Å²) >= 11 is 1.89. The first kappa shape index (κ1) is 13.1. The van der Waals surface area contributed by atoms with Gasteiger partial charge in [0.05, 0.1) is 0 Å². The molecule has 17 heavy (non-hydrogen) atoms. The third-order valence-electron chi connectivity index (χ3n) is 3.85. The molecule has 0 radical (unpaired) electrons. The van der Waals surface area contributed by atoms with Crippen molar-refractivity contribution in [1.82, 2.24) is 5.32 Å². The molecule has 1 nitrogen and oxygen atoms in total. The van der Waals surface area contributed by atoms with Gasteiger partial charge in [-0.2, -0.15) is 0 Å². The molecule has 1 aromatic heterocycles. The third-order valence-corrected chi connectivity index (χ3v) is 4.73. The lowest BCUT2D eigenvalue weighted by Crippen LogP contribution is -2.30. The van der Waals surface area contributed by atoms with Crippen molar-refractivity contribution >= 4 is 11.3 Å². The van der Waals surface area contributed by atoms with Gasteiger partial charge in [-0.3, -0.25) is 0 Å². The Bertz CT molecular complexity index is 325. The molecule has 1 aliphatic rings. The first-order valence-electron chi connectivity index (χ1n) is 7.09. The second-order valence-electron chi connectivity index (χ2n) is 5.32. The average molecular weight is 251 g/mol. The first-order chi connectivity index (χ1) is 8.31. The number of hydrogen-bond acceptors (Lipinski definition) is 2. The Morgan fingerprint density at radius 3 is 2.71 bits per heavy atom. The van der Waals surface area contributed by atoms with Gasteiger partial charge in [0.1, 0.15) is 0 Å². The molecule has 1 aromatic rings. The van der Waals surface area contributed by atoms with Crippen LogP contribution in [-0.2, 0) is 0 Å². The van der Waals surface area contributed by atoms with Gasteiger partial charge in [-0.1, -0.05) is 26.2 Å². The molecule has 1 aliphatic carbocycles. The summed E-state index contributed by atoms with van der Waals surface area (Å²) in [4.78, 5) is 1.44. The molecule has 1 unspecified atom stereocenters. The fraction of sp³-hybridized carbons (Fsp3) is 0.733. The van der Waals surface area contributed by atoms with Crippen molar-refractivity contribution in [2.24, 2.45) is 5.92 Å². The summed E-state index contributed by atoms with van der Waals surface area (Å²) in [6, 6.07) is 2.99. The van der Waals surface area contributed by atoms with Gasteiger partial charge < -0.3 is 5.32 Å². The molecular weight excluding hydrogens is 226 g/mol. The van der Waals surface area contributed by atoms with E-state index in [2.05, 4.69) is 30.6 Å². The highest BCUT2D eigenvalue weighted by Gasteiger charge is 2.24.